The number of unbranched alkanes of at least 4 members (excludes halogenated alkanes) is 8. The molecule has 0 aromatic heterocycles. The van der Waals surface area contributed by atoms with Crippen molar-refractivity contribution in [3.8, 4) is 0 Å². The molecule has 0 saturated carbocycles. The maximum atomic E-state index is 11.3. The van der Waals surface area contributed by atoms with Crippen LogP contribution >= 0.6 is 0 Å². The molecule has 0 unspecified atom stereocenters. The first-order valence-corrected chi connectivity index (χ1v) is 9.03. The number of hydrogen-bond acceptors (Lipinski definition) is 4. The van der Waals surface area contributed by atoms with Crippen molar-refractivity contribution in [2.24, 2.45) is 0 Å². The van der Waals surface area contributed by atoms with Gasteiger partial charge in [0.25, 0.3) is 5.76 Å². The molecular weight excluding hydrogens is 312 g/mol. The van der Waals surface area contributed by atoms with Crippen molar-refractivity contribution in [2.45, 2.75) is 84.5 Å². The van der Waals surface area contributed by atoms with Crippen LogP contribution in [0.25, 0.3) is 0 Å². The number of aliphatic carboxylic acids is 2. The molecule has 0 aromatic rings. The second-order valence-electron chi connectivity index (χ2n) is 5.90. The van der Waals surface area contributed by atoms with Gasteiger partial charge in [0.05, 0.1) is 12.2 Å². The van der Waals surface area contributed by atoms with Crippen molar-refractivity contribution in [1.29, 1.82) is 0 Å². The van der Waals surface area contributed by atoms with Gasteiger partial charge in [-0.2, -0.15) is 4.89 Å². The third-order valence-electron chi connectivity index (χ3n) is 3.73. The van der Waals surface area contributed by atoms with Crippen LogP contribution < -0.4 is 0 Å². The van der Waals surface area contributed by atoms with Gasteiger partial charge in [-0.15, -0.1) is 0 Å². The van der Waals surface area contributed by atoms with Gasteiger partial charge in [-0.05, 0) is 19.3 Å². The van der Waals surface area contributed by atoms with Gasteiger partial charge >= 0.3 is 11.9 Å². The molecule has 0 fully saturated rings. The molecule has 0 bridgehead atoms. The molecule has 24 heavy (non-hydrogen) atoms. The summed E-state index contributed by atoms with van der Waals surface area (Å²) in [6.07, 6.45) is 10.3. The molecule has 0 aliphatic carbocycles. The predicted octanol–water partition coefficient (Wildman–Crippen LogP) is 4.69. The standard InChI is InChI=1S/C18H32O6/c1-3-5-7-8-9-10-11-12-13-15(17(19)20)16(18(21)22)24-23-14-6-4-2/h3-14H2,1-2H3,(H,19,20)(H,21,22)/b16-15+. The monoisotopic (exact) mass is 344 g/mol. The van der Waals surface area contributed by atoms with Gasteiger partial charge in [-0.1, -0.05) is 65.2 Å². The Labute approximate surface area is 144 Å². The van der Waals surface area contributed by atoms with Crippen LogP contribution in [-0.4, -0.2) is 28.8 Å². The SMILES string of the molecule is CCCCCCCCCC/C(C(=O)O)=C(\OOCCCC)C(=O)O. The van der Waals surface area contributed by atoms with Crippen molar-refractivity contribution in [1.82, 2.24) is 0 Å². The summed E-state index contributed by atoms with van der Waals surface area (Å²) in [4.78, 5) is 32.1. The summed E-state index contributed by atoms with van der Waals surface area (Å²) in [5, 5.41) is 18.4. The summed E-state index contributed by atoms with van der Waals surface area (Å²) in [6.45, 7) is 4.37. The molecular formula is C18H32O6. The molecule has 6 nitrogen and oxygen atoms in total. The topological polar surface area (TPSA) is 93.1 Å². The lowest BCUT2D eigenvalue weighted by molar-refractivity contribution is -0.264. The van der Waals surface area contributed by atoms with Crippen molar-refractivity contribution < 1.29 is 29.6 Å². The van der Waals surface area contributed by atoms with Crippen LogP contribution in [0.1, 0.15) is 84.5 Å². The third-order valence-corrected chi connectivity index (χ3v) is 3.73. The second kappa shape index (κ2) is 15.0. The molecule has 0 rings (SSSR count). The van der Waals surface area contributed by atoms with Crippen LogP contribution in [0.3, 0.4) is 0 Å². The number of carboxylic acid groups (broad SMARTS) is 2. The fourth-order valence-electron chi connectivity index (χ4n) is 2.27. The van der Waals surface area contributed by atoms with Crippen LogP contribution in [0.5, 0.6) is 0 Å². The maximum Gasteiger partial charge on any atom is 0.375 e. The highest BCUT2D eigenvalue weighted by Crippen LogP contribution is 2.18. The molecule has 140 valence electrons. The first-order chi connectivity index (χ1) is 11.5. The Kier molecular flexibility index (Phi) is 14.0. The number of carboxylic acids is 2. The van der Waals surface area contributed by atoms with Gasteiger partial charge in [0.1, 0.15) is 0 Å². The zero-order valence-electron chi connectivity index (χ0n) is 15.0. The molecule has 0 radical (unpaired) electrons. The molecule has 0 aliphatic rings. The van der Waals surface area contributed by atoms with Crippen LogP contribution in [0.15, 0.2) is 11.3 Å². The van der Waals surface area contributed by atoms with E-state index in [1.165, 1.54) is 25.7 Å². The smallest absolute Gasteiger partial charge is 0.375 e. The normalized spacial score (nSPS) is 11.9. The summed E-state index contributed by atoms with van der Waals surface area (Å²) in [5.41, 5.74) is -0.231. The largest absolute Gasteiger partial charge is 0.478 e. The summed E-state index contributed by atoms with van der Waals surface area (Å²) < 4.78 is 0. The molecule has 0 saturated heterocycles. The van der Waals surface area contributed by atoms with E-state index in [0.717, 1.165) is 25.7 Å². The minimum absolute atomic E-state index is 0.170. The Morgan fingerprint density at radius 3 is 1.79 bits per heavy atom. The van der Waals surface area contributed by atoms with Gasteiger partial charge in [-0.25, -0.2) is 9.59 Å². The molecule has 0 aliphatic heterocycles. The first-order valence-electron chi connectivity index (χ1n) is 9.03. The summed E-state index contributed by atoms with van der Waals surface area (Å²) in [7, 11) is 0. The van der Waals surface area contributed by atoms with Crippen molar-refractivity contribution in [3.63, 3.8) is 0 Å². The van der Waals surface area contributed by atoms with Crippen LogP contribution in [-0.2, 0) is 19.4 Å². The Bertz CT molecular complexity index is 389. The van der Waals surface area contributed by atoms with Crippen molar-refractivity contribution in [3.05, 3.63) is 11.3 Å². The molecule has 0 aromatic carbocycles. The second-order valence-corrected chi connectivity index (χ2v) is 5.90. The molecule has 0 spiro atoms. The highest BCUT2D eigenvalue weighted by atomic mass is 17.2. The molecule has 0 atom stereocenters. The Balaban J connectivity index is 4.34. The fourth-order valence-corrected chi connectivity index (χ4v) is 2.27. The number of rotatable bonds is 16. The van der Waals surface area contributed by atoms with E-state index < -0.39 is 17.7 Å². The Hall–Kier alpha value is -1.56. The van der Waals surface area contributed by atoms with Gasteiger partial charge in [0.2, 0.25) is 0 Å². The lowest BCUT2D eigenvalue weighted by Crippen LogP contribution is -2.15. The van der Waals surface area contributed by atoms with Crippen molar-refractivity contribution >= 4 is 11.9 Å². The zero-order chi connectivity index (χ0) is 18.2. The Morgan fingerprint density at radius 2 is 1.29 bits per heavy atom. The van der Waals surface area contributed by atoms with E-state index in [9.17, 15) is 14.7 Å². The Morgan fingerprint density at radius 1 is 0.750 bits per heavy atom. The van der Waals surface area contributed by atoms with E-state index in [-0.39, 0.29) is 18.6 Å². The van der Waals surface area contributed by atoms with Gasteiger partial charge in [0.15, 0.2) is 0 Å². The van der Waals surface area contributed by atoms with E-state index in [1.54, 1.807) is 0 Å². The predicted molar refractivity (Wildman–Crippen MR) is 91.5 cm³/mol. The van der Waals surface area contributed by atoms with Gasteiger partial charge in [0, 0.05) is 0 Å². The first kappa shape index (κ1) is 22.4. The maximum absolute atomic E-state index is 11.3. The lowest BCUT2D eigenvalue weighted by atomic mass is 10.0. The average Bonchev–Trinajstić information content (AvgIpc) is 2.54. The van der Waals surface area contributed by atoms with Gasteiger partial charge < -0.3 is 15.1 Å². The fraction of sp³-hybridized carbons (Fsp3) is 0.778. The van der Waals surface area contributed by atoms with Crippen LogP contribution in [0, 0.1) is 0 Å². The molecule has 0 heterocycles. The minimum atomic E-state index is -1.41. The average molecular weight is 344 g/mol. The quantitative estimate of drug-likeness (QED) is 0.139. The summed E-state index contributed by atoms with van der Waals surface area (Å²) in [6, 6.07) is 0. The van der Waals surface area contributed by atoms with E-state index in [1.807, 2.05) is 6.92 Å². The van der Waals surface area contributed by atoms with Crippen molar-refractivity contribution in [2.75, 3.05) is 6.61 Å². The minimum Gasteiger partial charge on any atom is -0.478 e. The highest BCUT2D eigenvalue weighted by Gasteiger charge is 2.23. The highest BCUT2D eigenvalue weighted by molar-refractivity contribution is 5.97. The molecule has 0 amide bonds. The summed E-state index contributed by atoms with van der Waals surface area (Å²) >= 11 is 0. The van der Waals surface area contributed by atoms with E-state index in [4.69, 9.17) is 14.9 Å². The molecule has 2 N–H and O–H groups in total. The number of hydrogen-bond donors (Lipinski definition) is 2. The third kappa shape index (κ3) is 11.0. The molecule has 6 heteroatoms. The number of carbonyl (C=O) groups is 2. The van der Waals surface area contributed by atoms with E-state index in [0.29, 0.717) is 12.8 Å². The van der Waals surface area contributed by atoms with Crippen LogP contribution in [0.2, 0.25) is 0 Å². The zero-order valence-corrected chi connectivity index (χ0v) is 15.0. The van der Waals surface area contributed by atoms with Gasteiger partial charge in [-0.3, -0.25) is 0 Å². The van der Waals surface area contributed by atoms with Crippen LogP contribution in [0.4, 0.5) is 0 Å². The summed E-state index contributed by atoms with van der Waals surface area (Å²) in [5.74, 6) is -3.29. The van der Waals surface area contributed by atoms with E-state index >= 15 is 0 Å². The van der Waals surface area contributed by atoms with E-state index in [2.05, 4.69) is 6.92 Å². The lowest BCUT2D eigenvalue weighted by Gasteiger charge is -2.09.